The number of nitrogens with zero attached hydrogens (tertiary/aromatic N) is 2. The summed E-state index contributed by atoms with van der Waals surface area (Å²) < 4.78 is 8.42. The zero-order valence-corrected chi connectivity index (χ0v) is 23.3. The summed E-state index contributed by atoms with van der Waals surface area (Å²) in [6.45, 7) is 10.6. The molecule has 1 amide bonds. The summed E-state index contributed by atoms with van der Waals surface area (Å²) >= 11 is 0. The summed E-state index contributed by atoms with van der Waals surface area (Å²) in [5.74, 6) is 2.15. The lowest BCUT2D eigenvalue weighted by atomic mass is 10.1. The molecular formula is C33H41N3O2. The maximum Gasteiger partial charge on any atom is 0.251 e. The number of amides is 1. The maximum atomic E-state index is 12.5. The molecule has 0 radical (unpaired) electrons. The molecule has 1 N–H and O–H groups in total. The Morgan fingerprint density at radius 3 is 2.39 bits per heavy atom. The summed E-state index contributed by atoms with van der Waals surface area (Å²) in [5, 5.41) is 3.08. The molecule has 0 unspecified atom stereocenters. The van der Waals surface area contributed by atoms with Crippen LogP contribution in [-0.4, -0.2) is 28.6 Å². The molecule has 0 aliphatic rings. The average Bonchev–Trinajstić information content (AvgIpc) is 3.24. The smallest absolute Gasteiger partial charge is 0.251 e. The fraction of sp³-hybridized carbons (Fsp3) is 0.394. The van der Waals surface area contributed by atoms with Gasteiger partial charge in [-0.2, -0.15) is 0 Å². The van der Waals surface area contributed by atoms with Crippen molar-refractivity contribution in [3.05, 3.63) is 94.3 Å². The molecule has 0 atom stereocenters. The number of aromatic nitrogens is 2. The van der Waals surface area contributed by atoms with E-state index in [-0.39, 0.29) is 5.91 Å². The van der Waals surface area contributed by atoms with Gasteiger partial charge in [-0.15, -0.1) is 0 Å². The third-order valence-corrected chi connectivity index (χ3v) is 7.09. The Morgan fingerprint density at radius 2 is 1.61 bits per heavy atom. The van der Waals surface area contributed by atoms with Gasteiger partial charge in [0, 0.05) is 25.1 Å². The van der Waals surface area contributed by atoms with Gasteiger partial charge in [-0.3, -0.25) is 4.79 Å². The first-order valence-corrected chi connectivity index (χ1v) is 13.9. The van der Waals surface area contributed by atoms with E-state index < -0.39 is 0 Å². The Bertz CT molecular complexity index is 1370. The van der Waals surface area contributed by atoms with Crippen LogP contribution in [0.4, 0.5) is 0 Å². The van der Waals surface area contributed by atoms with Gasteiger partial charge in [0.05, 0.1) is 17.6 Å². The molecule has 1 heterocycles. The van der Waals surface area contributed by atoms with Crippen LogP contribution < -0.4 is 10.1 Å². The minimum Gasteiger partial charge on any atom is -0.493 e. The minimum atomic E-state index is 0.0193. The topological polar surface area (TPSA) is 56.1 Å². The minimum absolute atomic E-state index is 0.0193. The molecule has 0 saturated heterocycles. The van der Waals surface area contributed by atoms with E-state index in [9.17, 15) is 4.79 Å². The van der Waals surface area contributed by atoms with E-state index in [4.69, 9.17) is 9.72 Å². The number of para-hydroxylation sites is 2. The maximum absolute atomic E-state index is 12.5. The molecule has 4 rings (SSSR count). The quantitative estimate of drug-likeness (QED) is 0.192. The van der Waals surface area contributed by atoms with Gasteiger partial charge < -0.3 is 14.6 Å². The number of imidazole rings is 1. The van der Waals surface area contributed by atoms with Crippen molar-refractivity contribution in [1.82, 2.24) is 14.9 Å². The summed E-state index contributed by atoms with van der Waals surface area (Å²) in [6.07, 6.45) is 6.06. The average molecular weight is 512 g/mol. The lowest BCUT2D eigenvalue weighted by Crippen LogP contribution is -2.25. The van der Waals surface area contributed by atoms with E-state index >= 15 is 0 Å². The van der Waals surface area contributed by atoms with E-state index in [0.29, 0.717) is 6.54 Å². The third kappa shape index (κ3) is 7.25. The van der Waals surface area contributed by atoms with E-state index in [1.807, 2.05) is 26.0 Å². The fourth-order valence-corrected chi connectivity index (χ4v) is 5.03. The van der Waals surface area contributed by atoms with Crippen LogP contribution in [0.2, 0.25) is 0 Å². The highest BCUT2D eigenvalue weighted by atomic mass is 16.5. The molecule has 38 heavy (non-hydrogen) atoms. The molecule has 0 saturated carbocycles. The summed E-state index contributed by atoms with van der Waals surface area (Å²) in [6, 6.07) is 20.7. The van der Waals surface area contributed by atoms with Gasteiger partial charge in [-0.25, -0.2) is 4.98 Å². The highest BCUT2D eigenvalue weighted by Crippen LogP contribution is 2.21. The Hall–Kier alpha value is -3.60. The number of fused-ring (bicyclic) bond motifs is 1. The Balaban J connectivity index is 1.23. The summed E-state index contributed by atoms with van der Waals surface area (Å²) in [7, 11) is 0. The van der Waals surface area contributed by atoms with Gasteiger partial charge in [0.15, 0.2) is 0 Å². The van der Waals surface area contributed by atoms with Crippen molar-refractivity contribution in [1.29, 1.82) is 0 Å². The zero-order chi connectivity index (χ0) is 26.9. The fourth-order valence-electron chi connectivity index (χ4n) is 5.03. The van der Waals surface area contributed by atoms with Crippen molar-refractivity contribution >= 4 is 16.9 Å². The number of unbranched alkanes of at least 4 members (excludes halogenated alkanes) is 3. The van der Waals surface area contributed by atoms with Gasteiger partial charge >= 0.3 is 0 Å². The number of hydrogen-bond acceptors (Lipinski definition) is 3. The predicted octanol–water partition coefficient (Wildman–Crippen LogP) is 7.27. The van der Waals surface area contributed by atoms with Crippen molar-refractivity contribution < 1.29 is 9.53 Å². The van der Waals surface area contributed by atoms with Gasteiger partial charge in [0.1, 0.15) is 11.6 Å². The number of rotatable bonds is 13. The number of ether oxygens (including phenoxy) is 1. The second-order valence-corrected chi connectivity index (χ2v) is 10.4. The Labute approximate surface area is 227 Å². The van der Waals surface area contributed by atoms with Gasteiger partial charge in [0.25, 0.3) is 5.91 Å². The van der Waals surface area contributed by atoms with Crippen LogP contribution in [0.1, 0.15) is 70.5 Å². The molecule has 4 aromatic rings. The van der Waals surface area contributed by atoms with Gasteiger partial charge in [-0.05, 0) is 88.8 Å². The Morgan fingerprint density at radius 1 is 0.842 bits per heavy atom. The van der Waals surface area contributed by atoms with Crippen molar-refractivity contribution in [2.75, 3.05) is 13.2 Å². The van der Waals surface area contributed by atoms with Gasteiger partial charge in [0.2, 0.25) is 0 Å². The Kier molecular flexibility index (Phi) is 9.58. The highest BCUT2D eigenvalue weighted by molar-refractivity contribution is 5.95. The zero-order valence-electron chi connectivity index (χ0n) is 23.3. The highest BCUT2D eigenvalue weighted by Gasteiger charge is 2.11. The van der Waals surface area contributed by atoms with Crippen LogP contribution >= 0.6 is 0 Å². The summed E-state index contributed by atoms with van der Waals surface area (Å²) in [5.41, 5.74) is 7.69. The molecule has 0 fully saturated rings. The standard InChI is InChI=1S/C33H41N3O2/c1-24-15-17-28(26(3)22-24)33(37)34-19-9-5-6-14-32-35-29-12-7-8-13-30(29)36(32)20-10-11-21-38-31-18-16-25(2)23-27(31)4/h7-8,12-13,15-18,22-23H,5-6,9-11,14,19-21H2,1-4H3,(H,34,37). The molecule has 1 aromatic heterocycles. The number of carbonyl (C=O) groups excluding carboxylic acids is 1. The number of nitrogens with one attached hydrogen (secondary N) is 1. The monoisotopic (exact) mass is 511 g/mol. The second-order valence-electron chi connectivity index (χ2n) is 10.4. The first-order chi connectivity index (χ1) is 18.4. The molecular weight excluding hydrogens is 470 g/mol. The van der Waals surface area contributed by atoms with Crippen LogP contribution in [0, 0.1) is 27.7 Å². The number of hydrogen-bond donors (Lipinski definition) is 1. The second kappa shape index (κ2) is 13.3. The lowest BCUT2D eigenvalue weighted by Gasteiger charge is -2.12. The van der Waals surface area contributed by atoms with E-state index in [1.54, 1.807) is 0 Å². The number of carbonyl (C=O) groups is 1. The molecule has 0 bridgehead atoms. The van der Waals surface area contributed by atoms with Crippen molar-refractivity contribution in [3.63, 3.8) is 0 Å². The van der Waals surface area contributed by atoms with Crippen LogP contribution in [-0.2, 0) is 13.0 Å². The van der Waals surface area contributed by atoms with Crippen LogP contribution in [0.5, 0.6) is 5.75 Å². The van der Waals surface area contributed by atoms with E-state index in [1.165, 1.54) is 22.2 Å². The van der Waals surface area contributed by atoms with Crippen LogP contribution in [0.25, 0.3) is 11.0 Å². The van der Waals surface area contributed by atoms with Crippen molar-refractivity contribution in [3.8, 4) is 5.75 Å². The molecule has 3 aromatic carbocycles. The molecule has 5 heteroatoms. The molecule has 0 aliphatic heterocycles. The number of aryl methyl sites for hydroxylation is 6. The normalized spacial score (nSPS) is 11.2. The van der Waals surface area contributed by atoms with Crippen LogP contribution in [0.3, 0.4) is 0 Å². The largest absolute Gasteiger partial charge is 0.493 e. The van der Waals surface area contributed by atoms with Gasteiger partial charge in [-0.1, -0.05) is 53.9 Å². The van der Waals surface area contributed by atoms with Crippen molar-refractivity contribution in [2.24, 2.45) is 0 Å². The SMILES string of the molecule is Cc1ccc(OCCCCn2c(CCCCCNC(=O)c3ccc(C)cc3C)nc3ccccc32)c(C)c1. The van der Waals surface area contributed by atoms with Crippen LogP contribution in [0.15, 0.2) is 60.7 Å². The molecule has 5 nitrogen and oxygen atoms in total. The predicted molar refractivity (Wildman–Crippen MR) is 156 cm³/mol. The first-order valence-electron chi connectivity index (χ1n) is 13.9. The molecule has 0 aliphatic carbocycles. The van der Waals surface area contributed by atoms with E-state index in [2.05, 4.69) is 72.3 Å². The first kappa shape index (κ1) is 27.4. The third-order valence-electron chi connectivity index (χ3n) is 7.09. The lowest BCUT2D eigenvalue weighted by molar-refractivity contribution is 0.0952. The summed E-state index contributed by atoms with van der Waals surface area (Å²) in [4.78, 5) is 17.4. The number of benzene rings is 3. The molecule has 0 spiro atoms. The van der Waals surface area contributed by atoms with Crippen molar-refractivity contribution in [2.45, 2.75) is 72.8 Å². The van der Waals surface area contributed by atoms with E-state index in [0.717, 1.165) is 79.9 Å². The molecule has 200 valence electrons.